The summed E-state index contributed by atoms with van der Waals surface area (Å²) in [5.41, 5.74) is 8.09. The van der Waals surface area contributed by atoms with Gasteiger partial charge >= 0.3 is 0 Å². The number of anilines is 1. The summed E-state index contributed by atoms with van der Waals surface area (Å²) in [6, 6.07) is 6.49. The monoisotopic (exact) mass is 220 g/mol. The average molecular weight is 220 g/mol. The van der Waals surface area contributed by atoms with Crippen molar-refractivity contribution in [3.8, 4) is 0 Å². The second-order valence-corrected chi connectivity index (χ2v) is 5.03. The first kappa shape index (κ1) is 10.4. The lowest BCUT2D eigenvalue weighted by Gasteiger charge is -2.09. The van der Waals surface area contributed by atoms with Crippen LogP contribution < -0.4 is 5.73 Å². The maximum atomic E-state index is 5.68. The van der Waals surface area contributed by atoms with Crippen molar-refractivity contribution < 1.29 is 0 Å². The number of nitrogen functional groups attached to an aromatic ring is 1. The minimum absolute atomic E-state index is 0.613. The molecule has 15 heavy (non-hydrogen) atoms. The van der Waals surface area contributed by atoms with Gasteiger partial charge in [0, 0.05) is 0 Å². The van der Waals surface area contributed by atoms with Crippen LogP contribution in [0.15, 0.2) is 18.2 Å². The fraction of sp³-hybridized carbons (Fsp3) is 0.417. The molecule has 0 aliphatic rings. The molecule has 1 aromatic carbocycles. The molecule has 0 fully saturated rings. The van der Waals surface area contributed by atoms with Crippen LogP contribution in [0.25, 0.3) is 10.2 Å². The van der Waals surface area contributed by atoms with Gasteiger partial charge in [0.15, 0.2) is 5.13 Å². The van der Waals surface area contributed by atoms with Gasteiger partial charge in [-0.15, -0.1) is 0 Å². The summed E-state index contributed by atoms with van der Waals surface area (Å²) >= 11 is 1.55. The second-order valence-electron chi connectivity index (χ2n) is 3.97. The van der Waals surface area contributed by atoms with Crippen molar-refractivity contribution in [1.82, 2.24) is 4.98 Å². The van der Waals surface area contributed by atoms with Crippen LogP contribution in [0.1, 0.15) is 38.2 Å². The highest BCUT2D eigenvalue weighted by atomic mass is 32.1. The van der Waals surface area contributed by atoms with Crippen molar-refractivity contribution in [1.29, 1.82) is 0 Å². The van der Waals surface area contributed by atoms with E-state index in [0.29, 0.717) is 11.0 Å². The molecule has 1 aromatic heterocycles. The average Bonchev–Trinajstić information content (AvgIpc) is 2.57. The number of fused-ring (bicyclic) bond motifs is 1. The minimum atomic E-state index is 0.613. The third kappa shape index (κ3) is 2.12. The molecule has 2 N–H and O–H groups in total. The largest absolute Gasteiger partial charge is 0.375 e. The molecule has 0 saturated carbocycles. The number of benzene rings is 1. The lowest BCUT2D eigenvalue weighted by atomic mass is 9.96. The van der Waals surface area contributed by atoms with E-state index in [1.165, 1.54) is 23.1 Å². The van der Waals surface area contributed by atoms with E-state index in [2.05, 4.69) is 37.0 Å². The first-order valence-corrected chi connectivity index (χ1v) is 6.18. The Morgan fingerprint density at radius 3 is 3.00 bits per heavy atom. The normalized spacial score (nSPS) is 13.2. The van der Waals surface area contributed by atoms with Gasteiger partial charge in [-0.05, 0) is 30.0 Å². The summed E-state index contributed by atoms with van der Waals surface area (Å²) in [4.78, 5) is 4.31. The molecule has 3 heteroatoms. The van der Waals surface area contributed by atoms with Crippen molar-refractivity contribution in [2.75, 3.05) is 5.73 Å². The number of aromatic nitrogens is 1. The lowest BCUT2D eigenvalue weighted by Crippen LogP contribution is -1.92. The zero-order valence-electron chi connectivity index (χ0n) is 9.16. The summed E-state index contributed by atoms with van der Waals surface area (Å²) < 4.78 is 1.18. The molecular weight excluding hydrogens is 204 g/mol. The van der Waals surface area contributed by atoms with Gasteiger partial charge in [-0.25, -0.2) is 4.98 Å². The third-order valence-electron chi connectivity index (χ3n) is 2.72. The molecule has 0 saturated heterocycles. The van der Waals surface area contributed by atoms with Crippen LogP contribution in [0, 0.1) is 0 Å². The molecule has 0 radical (unpaired) electrons. The Kier molecular flexibility index (Phi) is 2.91. The molecule has 2 aromatic rings. The van der Waals surface area contributed by atoms with Gasteiger partial charge in [-0.2, -0.15) is 0 Å². The standard InChI is InChI=1S/C12H16N2S/c1-3-4-8(2)9-5-6-11-10(7-9)14-12(13)15-11/h5-8H,3-4H2,1-2H3,(H2,13,14). The Hall–Kier alpha value is -1.09. The zero-order chi connectivity index (χ0) is 10.8. The first-order chi connectivity index (χ1) is 7.20. The van der Waals surface area contributed by atoms with Crippen LogP contribution in [-0.2, 0) is 0 Å². The van der Waals surface area contributed by atoms with Crippen LogP contribution in [0.5, 0.6) is 0 Å². The van der Waals surface area contributed by atoms with E-state index in [9.17, 15) is 0 Å². The third-order valence-corrected chi connectivity index (χ3v) is 3.58. The van der Waals surface area contributed by atoms with E-state index < -0.39 is 0 Å². The van der Waals surface area contributed by atoms with E-state index >= 15 is 0 Å². The molecule has 1 unspecified atom stereocenters. The lowest BCUT2D eigenvalue weighted by molar-refractivity contribution is 0.665. The van der Waals surface area contributed by atoms with Crippen molar-refractivity contribution in [2.45, 2.75) is 32.6 Å². The highest BCUT2D eigenvalue weighted by Crippen LogP contribution is 2.28. The van der Waals surface area contributed by atoms with Gasteiger partial charge in [0.1, 0.15) is 0 Å². The van der Waals surface area contributed by atoms with Crippen LogP contribution >= 0.6 is 11.3 Å². The number of thiazole rings is 1. The van der Waals surface area contributed by atoms with Crippen LogP contribution in [0.2, 0.25) is 0 Å². The predicted molar refractivity (Wildman–Crippen MR) is 67.4 cm³/mol. The Balaban J connectivity index is 2.37. The Morgan fingerprint density at radius 2 is 2.27 bits per heavy atom. The van der Waals surface area contributed by atoms with E-state index in [0.717, 1.165) is 5.52 Å². The summed E-state index contributed by atoms with van der Waals surface area (Å²) in [7, 11) is 0. The van der Waals surface area contributed by atoms with Crippen LogP contribution in [0.3, 0.4) is 0 Å². The maximum Gasteiger partial charge on any atom is 0.181 e. The quantitative estimate of drug-likeness (QED) is 0.855. The van der Waals surface area contributed by atoms with Crippen LogP contribution in [-0.4, -0.2) is 4.98 Å². The molecule has 1 heterocycles. The SMILES string of the molecule is CCCC(C)c1ccc2sc(N)nc2c1. The maximum absolute atomic E-state index is 5.68. The molecule has 1 atom stereocenters. The van der Waals surface area contributed by atoms with Crippen molar-refractivity contribution in [2.24, 2.45) is 0 Å². The molecule has 80 valence electrons. The predicted octanol–water partition coefficient (Wildman–Crippen LogP) is 3.78. The van der Waals surface area contributed by atoms with Crippen molar-refractivity contribution in [3.63, 3.8) is 0 Å². The van der Waals surface area contributed by atoms with Crippen LogP contribution in [0.4, 0.5) is 5.13 Å². The second kappa shape index (κ2) is 4.19. The molecule has 0 bridgehead atoms. The number of nitrogens with zero attached hydrogens (tertiary/aromatic N) is 1. The molecule has 0 amide bonds. The number of rotatable bonds is 3. The molecule has 2 rings (SSSR count). The van der Waals surface area contributed by atoms with E-state index in [1.54, 1.807) is 11.3 Å². The molecule has 0 aliphatic heterocycles. The Labute approximate surface area is 94.1 Å². The Bertz CT molecular complexity index is 462. The molecular formula is C12H16N2S. The number of hydrogen-bond acceptors (Lipinski definition) is 3. The van der Waals surface area contributed by atoms with Crippen molar-refractivity contribution >= 4 is 26.7 Å². The molecule has 0 aliphatic carbocycles. The highest BCUT2D eigenvalue weighted by Gasteiger charge is 2.07. The fourth-order valence-electron chi connectivity index (χ4n) is 1.87. The van der Waals surface area contributed by atoms with Gasteiger partial charge in [0.05, 0.1) is 10.2 Å². The number of nitrogens with two attached hydrogens (primary N) is 1. The summed E-state index contributed by atoms with van der Waals surface area (Å²) in [5, 5.41) is 0.658. The van der Waals surface area contributed by atoms with E-state index in [-0.39, 0.29) is 0 Å². The van der Waals surface area contributed by atoms with E-state index in [1.807, 2.05) is 0 Å². The smallest absolute Gasteiger partial charge is 0.181 e. The fourth-order valence-corrected chi connectivity index (χ4v) is 2.58. The van der Waals surface area contributed by atoms with Gasteiger partial charge in [-0.3, -0.25) is 0 Å². The van der Waals surface area contributed by atoms with E-state index in [4.69, 9.17) is 5.73 Å². The van der Waals surface area contributed by atoms with Crippen molar-refractivity contribution in [3.05, 3.63) is 23.8 Å². The topological polar surface area (TPSA) is 38.9 Å². The first-order valence-electron chi connectivity index (χ1n) is 5.36. The molecule has 2 nitrogen and oxygen atoms in total. The minimum Gasteiger partial charge on any atom is -0.375 e. The zero-order valence-corrected chi connectivity index (χ0v) is 9.97. The summed E-state index contributed by atoms with van der Waals surface area (Å²) in [5.74, 6) is 0.613. The summed E-state index contributed by atoms with van der Waals surface area (Å²) in [6.45, 7) is 4.48. The summed E-state index contributed by atoms with van der Waals surface area (Å²) in [6.07, 6.45) is 2.45. The highest BCUT2D eigenvalue weighted by molar-refractivity contribution is 7.22. The Morgan fingerprint density at radius 1 is 1.47 bits per heavy atom. The van der Waals surface area contributed by atoms with Gasteiger partial charge in [-0.1, -0.05) is 37.7 Å². The van der Waals surface area contributed by atoms with Gasteiger partial charge < -0.3 is 5.73 Å². The number of hydrogen-bond donors (Lipinski definition) is 1. The molecule has 0 spiro atoms. The van der Waals surface area contributed by atoms with Gasteiger partial charge in [0.25, 0.3) is 0 Å². The van der Waals surface area contributed by atoms with Gasteiger partial charge in [0.2, 0.25) is 0 Å².